The molecule has 3 heterocycles. The van der Waals surface area contributed by atoms with Crippen LogP contribution < -0.4 is 0 Å². The van der Waals surface area contributed by atoms with E-state index in [-0.39, 0.29) is 17.9 Å². The molecule has 8 heteroatoms. The highest BCUT2D eigenvalue weighted by Crippen LogP contribution is 2.29. The van der Waals surface area contributed by atoms with E-state index in [0.717, 1.165) is 23.1 Å². The van der Waals surface area contributed by atoms with Crippen LogP contribution in [0, 0.1) is 0 Å². The van der Waals surface area contributed by atoms with E-state index in [9.17, 15) is 4.79 Å². The molecule has 2 atom stereocenters. The summed E-state index contributed by atoms with van der Waals surface area (Å²) >= 11 is 0. The van der Waals surface area contributed by atoms with Crippen molar-refractivity contribution in [3.8, 4) is 0 Å². The molecule has 0 spiro atoms. The lowest BCUT2D eigenvalue weighted by Crippen LogP contribution is -2.36. The third kappa shape index (κ3) is 2.54. The third-order valence-electron chi connectivity index (χ3n) is 4.47. The SMILES string of the molecule is CN(C[C@H]1OCC[C@H]1c1ncn[nH]1)C(=O)c1n[nH]c2ccccc12. The fourth-order valence-electron chi connectivity index (χ4n) is 3.19. The molecule has 3 aromatic rings. The lowest BCUT2D eigenvalue weighted by atomic mass is 10.0. The number of rotatable bonds is 4. The number of likely N-dealkylation sites (N-methyl/N-ethyl adjacent to an activating group) is 1. The monoisotopic (exact) mass is 326 g/mol. The van der Waals surface area contributed by atoms with Gasteiger partial charge in [0.25, 0.3) is 5.91 Å². The number of hydrogen-bond acceptors (Lipinski definition) is 5. The Bertz CT molecular complexity index is 843. The van der Waals surface area contributed by atoms with Gasteiger partial charge in [0.15, 0.2) is 5.69 Å². The van der Waals surface area contributed by atoms with Crippen molar-refractivity contribution in [1.82, 2.24) is 30.3 Å². The van der Waals surface area contributed by atoms with Crippen molar-refractivity contribution in [2.24, 2.45) is 0 Å². The highest BCUT2D eigenvalue weighted by Gasteiger charge is 2.34. The molecule has 0 radical (unpaired) electrons. The van der Waals surface area contributed by atoms with Crippen molar-refractivity contribution in [3.63, 3.8) is 0 Å². The molecule has 0 bridgehead atoms. The topological polar surface area (TPSA) is 99.8 Å². The van der Waals surface area contributed by atoms with Crippen LogP contribution in [0.4, 0.5) is 0 Å². The maximum Gasteiger partial charge on any atom is 0.274 e. The number of fused-ring (bicyclic) bond motifs is 1. The number of benzene rings is 1. The van der Waals surface area contributed by atoms with Gasteiger partial charge < -0.3 is 9.64 Å². The molecule has 1 amide bonds. The van der Waals surface area contributed by atoms with Gasteiger partial charge in [-0.1, -0.05) is 18.2 Å². The minimum atomic E-state index is -0.126. The van der Waals surface area contributed by atoms with Crippen LogP contribution in [0.1, 0.15) is 28.7 Å². The number of hydrogen-bond donors (Lipinski definition) is 2. The Labute approximate surface area is 138 Å². The zero-order valence-corrected chi connectivity index (χ0v) is 13.3. The van der Waals surface area contributed by atoms with Gasteiger partial charge in [-0.2, -0.15) is 10.2 Å². The summed E-state index contributed by atoms with van der Waals surface area (Å²) in [5.41, 5.74) is 1.29. The molecule has 0 aliphatic carbocycles. The molecule has 1 saturated heterocycles. The lowest BCUT2D eigenvalue weighted by Gasteiger charge is -2.23. The number of nitrogens with zero attached hydrogens (tertiary/aromatic N) is 4. The van der Waals surface area contributed by atoms with Gasteiger partial charge in [-0.3, -0.25) is 15.0 Å². The minimum Gasteiger partial charge on any atom is -0.376 e. The van der Waals surface area contributed by atoms with Crippen molar-refractivity contribution in [2.45, 2.75) is 18.4 Å². The second kappa shape index (κ2) is 6.04. The maximum absolute atomic E-state index is 12.8. The number of carbonyl (C=O) groups is 1. The highest BCUT2D eigenvalue weighted by molar-refractivity contribution is 6.04. The molecule has 0 saturated carbocycles. The van der Waals surface area contributed by atoms with Crippen LogP contribution in [0.5, 0.6) is 0 Å². The van der Waals surface area contributed by atoms with Gasteiger partial charge in [0.05, 0.1) is 11.6 Å². The maximum atomic E-state index is 12.8. The number of ether oxygens (including phenoxy) is 1. The second-order valence-electron chi connectivity index (χ2n) is 5.98. The molecular weight excluding hydrogens is 308 g/mol. The molecular formula is C16H18N6O2. The van der Waals surface area contributed by atoms with Crippen molar-refractivity contribution >= 4 is 16.8 Å². The third-order valence-corrected chi connectivity index (χ3v) is 4.47. The van der Waals surface area contributed by atoms with Crippen LogP contribution in [-0.4, -0.2) is 62.5 Å². The summed E-state index contributed by atoms with van der Waals surface area (Å²) in [5, 5.41) is 14.7. The van der Waals surface area contributed by atoms with Crippen LogP contribution in [0.2, 0.25) is 0 Å². The quantitative estimate of drug-likeness (QED) is 0.753. The average Bonchev–Trinajstić information content (AvgIpc) is 3.33. The zero-order chi connectivity index (χ0) is 16.5. The summed E-state index contributed by atoms with van der Waals surface area (Å²) in [6.45, 7) is 1.13. The Kier molecular flexibility index (Phi) is 3.73. The van der Waals surface area contributed by atoms with E-state index in [4.69, 9.17) is 4.74 Å². The van der Waals surface area contributed by atoms with Crippen molar-refractivity contribution < 1.29 is 9.53 Å². The van der Waals surface area contributed by atoms with Gasteiger partial charge in [0, 0.05) is 31.5 Å². The van der Waals surface area contributed by atoms with E-state index >= 15 is 0 Å². The Hall–Kier alpha value is -2.74. The zero-order valence-electron chi connectivity index (χ0n) is 13.3. The first-order valence-corrected chi connectivity index (χ1v) is 7.89. The number of aromatic nitrogens is 5. The Balaban J connectivity index is 1.51. The molecule has 4 rings (SSSR count). The fourth-order valence-corrected chi connectivity index (χ4v) is 3.19. The first kappa shape index (κ1) is 14.8. The number of H-pyrrole nitrogens is 2. The molecule has 1 aromatic carbocycles. The van der Waals surface area contributed by atoms with Gasteiger partial charge in [-0.05, 0) is 12.5 Å². The first-order valence-electron chi connectivity index (χ1n) is 7.89. The average molecular weight is 326 g/mol. The lowest BCUT2D eigenvalue weighted by molar-refractivity contribution is 0.0547. The number of amides is 1. The Morgan fingerprint density at radius 1 is 1.38 bits per heavy atom. The number of para-hydroxylation sites is 1. The molecule has 8 nitrogen and oxygen atoms in total. The molecule has 1 aliphatic heterocycles. The largest absolute Gasteiger partial charge is 0.376 e. The molecule has 24 heavy (non-hydrogen) atoms. The van der Waals surface area contributed by atoms with Crippen LogP contribution in [0.15, 0.2) is 30.6 Å². The van der Waals surface area contributed by atoms with Gasteiger partial charge >= 0.3 is 0 Å². The predicted octanol–water partition coefficient (Wildman–Crippen LogP) is 1.33. The summed E-state index contributed by atoms with van der Waals surface area (Å²) in [7, 11) is 1.77. The number of carbonyl (C=O) groups excluding carboxylic acids is 1. The Morgan fingerprint density at radius 2 is 2.25 bits per heavy atom. The summed E-state index contributed by atoms with van der Waals surface area (Å²) in [4.78, 5) is 18.6. The molecule has 2 aromatic heterocycles. The summed E-state index contributed by atoms with van der Waals surface area (Å²) in [5.74, 6) is 0.807. The van der Waals surface area contributed by atoms with Gasteiger partial charge in [-0.15, -0.1) is 0 Å². The van der Waals surface area contributed by atoms with Gasteiger partial charge in [0.2, 0.25) is 0 Å². The van der Waals surface area contributed by atoms with Crippen molar-refractivity contribution in [3.05, 3.63) is 42.1 Å². The van der Waals surface area contributed by atoms with E-state index in [1.807, 2.05) is 24.3 Å². The molecule has 2 N–H and O–H groups in total. The Morgan fingerprint density at radius 3 is 3.08 bits per heavy atom. The van der Waals surface area contributed by atoms with Crippen LogP contribution >= 0.6 is 0 Å². The summed E-state index contributed by atoms with van der Waals surface area (Å²) in [6.07, 6.45) is 2.26. The fraction of sp³-hybridized carbons (Fsp3) is 0.375. The second-order valence-corrected chi connectivity index (χ2v) is 5.98. The predicted molar refractivity (Wildman–Crippen MR) is 86.5 cm³/mol. The molecule has 1 aliphatic rings. The van der Waals surface area contributed by atoms with E-state index < -0.39 is 0 Å². The molecule has 124 valence electrons. The first-order chi connectivity index (χ1) is 11.7. The molecule has 0 unspecified atom stereocenters. The van der Waals surface area contributed by atoms with Crippen LogP contribution in [-0.2, 0) is 4.74 Å². The van der Waals surface area contributed by atoms with Crippen molar-refractivity contribution in [2.75, 3.05) is 20.2 Å². The standard InChI is InChI=1S/C16H18N6O2/c1-22(8-13-11(6-7-24-13)15-17-9-18-21-15)16(23)14-10-4-2-3-5-12(10)19-20-14/h2-5,9,11,13H,6-8H2,1H3,(H,19,20)(H,17,18,21)/t11-,13-/m1/s1. The van der Waals surface area contributed by atoms with E-state index in [1.54, 1.807) is 11.9 Å². The van der Waals surface area contributed by atoms with E-state index in [2.05, 4.69) is 25.4 Å². The molecule has 1 fully saturated rings. The van der Waals surface area contributed by atoms with Gasteiger partial charge in [-0.25, -0.2) is 4.98 Å². The normalized spacial score (nSPS) is 20.5. The highest BCUT2D eigenvalue weighted by atomic mass is 16.5. The summed E-state index contributed by atoms with van der Waals surface area (Å²) < 4.78 is 5.81. The van der Waals surface area contributed by atoms with Gasteiger partial charge in [0.1, 0.15) is 12.2 Å². The van der Waals surface area contributed by atoms with E-state index in [0.29, 0.717) is 18.8 Å². The minimum absolute atomic E-state index is 0.0999. The summed E-state index contributed by atoms with van der Waals surface area (Å²) in [6, 6.07) is 7.60. The van der Waals surface area contributed by atoms with E-state index in [1.165, 1.54) is 6.33 Å². The number of aromatic amines is 2. The van der Waals surface area contributed by atoms with Crippen LogP contribution in [0.3, 0.4) is 0 Å². The smallest absolute Gasteiger partial charge is 0.274 e. The number of nitrogens with one attached hydrogen (secondary N) is 2. The van der Waals surface area contributed by atoms with Crippen molar-refractivity contribution in [1.29, 1.82) is 0 Å². The van der Waals surface area contributed by atoms with Crippen LogP contribution in [0.25, 0.3) is 10.9 Å².